The van der Waals surface area contributed by atoms with Crippen LogP contribution in [0.15, 0.2) is 24.3 Å². The van der Waals surface area contributed by atoms with Crippen molar-refractivity contribution in [3.63, 3.8) is 0 Å². The molecule has 0 amide bonds. The van der Waals surface area contributed by atoms with Crippen LogP contribution in [0, 0.1) is 0 Å². The zero-order valence-electron chi connectivity index (χ0n) is 6.93. The average molecular weight is 156 g/mol. The monoisotopic (exact) mass is 156 g/mol. The van der Waals surface area contributed by atoms with E-state index >= 15 is 0 Å². The highest BCUT2D eigenvalue weighted by Gasteiger charge is 1.71. The molecular weight excluding hydrogens is 139 g/mol. The number of allylic oxidation sites excluding steroid dienone is 4. The molecule has 0 spiro atoms. The van der Waals surface area contributed by atoms with E-state index in [4.69, 9.17) is 0 Å². The van der Waals surface area contributed by atoms with Crippen LogP contribution in [0.4, 0.5) is 0 Å². The second kappa shape index (κ2) is 8.91. The molecule has 1 heteroatoms. The van der Waals surface area contributed by atoms with Crippen LogP contribution in [-0.2, 0) is 0 Å². The van der Waals surface area contributed by atoms with Crippen molar-refractivity contribution in [2.24, 2.45) is 0 Å². The quantitative estimate of drug-likeness (QED) is 0.423. The average Bonchev–Trinajstić information content (AvgIpc) is 1.97. The van der Waals surface area contributed by atoms with Gasteiger partial charge in [-0.2, -0.15) is 0 Å². The maximum absolute atomic E-state index is 2.26. The zero-order chi connectivity index (χ0) is 7.66. The van der Waals surface area contributed by atoms with E-state index in [-0.39, 0.29) is 0 Å². The van der Waals surface area contributed by atoms with Gasteiger partial charge in [0.1, 0.15) is 0 Å². The van der Waals surface area contributed by atoms with Crippen LogP contribution in [0.2, 0.25) is 0 Å². The summed E-state index contributed by atoms with van der Waals surface area (Å²) < 4.78 is 0. The van der Waals surface area contributed by atoms with Crippen LogP contribution in [0.1, 0.15) is 19.8 Å². The Hall–Kier alpha value is -0.0900. The number of hydrogen-bond acceptors (Lipinski definition) is 0. The normalized spacial score (nSPS) is 13.0. The van der Waals surface area contributed by atoms with Crippen molar-refractivity contribution in [2.75, 3.05) is 12.8 Å². The Balaban J connectivity index is 3.09. The lowest BCUT2D eigenvalue weighted by atomic mass is 10.3. The summed E-state index contributed by atoms with van der Waals surface area (Å²) in [5.74, 6) is 0. The first-order valence-corrected chi connectivity index (χ1v) is 5.57. The first-order chi connectivity index (χ1) is 4.91. The molecular formula is C9H17P. The summed E-state index contributed by atoms with van der Waals surface area (Å²) in [5.41, 5.74) is 0. The van der Waals surface area contributed by atoms with Crippen molar-refractivity contribution in [3.05, 3.63) is 24.3 Å². The van der Waals surface area contributed by atoms with Crippen LogP contribution in [0.5, 0.6) is 0 Å². The van der Waals surface area contributed by atoms with Crippen molar-refractivity contribution >= 4 is 8.58 Å². The van der Waals surface area contributed by atoms with Gasteiger partial charge in [0.25, 0.3) is 0 Å². The molecule has 0 aliphatic carbocycles. The fraction of sp³-hybridized carbons (Fsp3) is 0.556. The number of hydrogen-bond donors (Lipinski definition) is 0. The molecule has 0 saturated carbocycles. The smallest absolute Gasteiger partial charge is 0.0169 e. The molecule has 0 aromatic heterocycles. The summed E-state index contributed by atoms with van der Waals surface area (Å²) >= 11 is 0. The van der Waals surface area contributed by atoms with Crippen molar-refractivity contribution in [3.8, 4) is 0 Å². The zero-order valence-corrected chi connectivity index (χ0v) is 7.93. The molecule has 1 atom stereocenters. The summed E-state index contributed by atoms with van der Waals surface area (Å²) in [6.07, 6.45) is 12.4. The fourth-order valence-electron chi connectivity index (χ4n) is 0.639. The largest absolute Gasteiger partial charge is 0.121 e. The fourth-order valence-corrected chi connectivity index (χ4v) is 1.04. The number of rotatable bonds is 5. The molecule has 0 rings (SSSR count). The van der Waals surface area contributed by atoms with Crippen molar-refractivity contribution in [1.82, 2.24) is 0 Å². The van der Waals surface area contributed by atoms with Gasteiger partial charge in [-0.3, -0.25) is 0 Å². The molecule has 0 aromatic rings. The van der Waals surface area contributed by atoms with Gasteiger partial charge in [-0.05, 0) is 25.7 Å². The van der Waals surface area contributed by atoms with Gasteiger partial charge in [-0.1, -0.05) is 31.2 Å². The topological polar surface area (TPSA) is 0 Å². The van der Waals surface area contributed by atoms with Gasteiger partial charge in [0, 0.05) is 0 Å². The lowest BCUT2D eigenvalue weighted by Crippen LogP contribution is -1.63. The molecule has 0 N–H and O–H groups in total. The molecule has 0 radical (unpaired) electrons. The van der Waals surface area contributed by atoms with Gasteiger partial charge in [-0.25, -0.2) is 0 Å². The molecule has 0 heterocycles. The van der Waals surface area contributed by atoms with Gasteiger partial charge in [0.05, 0.1) is 0 Å². The Morgan fingerprint density at radius 2 is 1.80 bits per heavy atom. The highest BCUT2D eigenvalue weighted by atomic mass is 31.1. The van der Waals surface area contributed by atoms with Crippen molar-refractivity contribution in [1.29, 1.82) is 0 Å². The standard InChI is InChI=1S/C9H17P/c1-3-4-5-6-7-8-9-10-2/h4-5,7-8,10H,3,6,9H2,1-2H3. The van der Waals surface area contributed by atoms with Crippen molar-refractivity contribution < 1.29 is 0 Å². The molecule has 0 saturated heterocycles. The Morgan fingerprint density at radius 1 is 1.10 bits per heavy atom. The van der Waals surface area contributed by atoms with Crippen molar-refractivity contribution in [2.45, 2.75) is 19.8 Å². The molecule has 0 fully saturated rings. The highest BCUT2D eigenvalue weighted by Crippen LogP contribution is 2.01. The van der Waals surface area contributed by atoms with Gasteiger partial charge in [0.15, 0.2) is 0 Å². The van der Waals surface area contributed by atoms with Gasteiger partial charge >= 0.3 is 0 Å². The second-order valence-corrected chi connectivity index (χ2v) is 3.26. The first-order valence-electron chi connectivity index (χ1n) is 3.86. The predicted molar refractivity (Wildman–Crippen MR) is 52.3 cm³/mol. The van der Waals surface area contributed by atoms with E-state index in [1.807, 2.05) is 0 Å². The highest BCUT2D eigenvalue weighted by molar-refractivity contribution is 7.37. The maximum Gasteiger partial charge on any atom is -0.0169 e. The third-order valence-corrected chi connectivity index (χ3v) is 1.81. The van der Waals surface area contributed by atoms with Crippen LogP contribution >= 0.6 is 8.58 Å². The Labute approximate surface area is 66.2 Å². The van der Waals surface area contributed by atoms with Crippen LogP contribution in [0.3, 0.4) is 0 Å². The molecule has 0 aliphatic rings. The molecule has 1 unspecified atom stereocenters. The van der Waals surface area contributed by atoms with E-state index in [0.717, 1.165) is 21.4 Å². The minimum Gasteiger partial charge on any atom is -0.121 e. The van der Waals surface area contributed by atoms with E-state index in [1.54, 1.807) is 0 Å². The van der Waals surface area contributed by atoms with Crippen LogP contribution in [0.25, 0.3) is 0 Å². The third kappa shape index (κ3) is 7.91. The van der Waals surface area contributed by atoms with Gasteiger partial charge in [0.2, 0.25) is 0 Å². The van der Waals surface area contributed by atoms with E-state index in [0.29, 0.717) is 0 Å². The molecule has 10 heavy (non-hydrogen) atoms. The van der Waals surface area contributed by atoms with E-state index in [9.17, 15) is 0 Å². The van der Waals surface area contributed by atoms with Gasteiger partial charge < -0.3 is 0 Å². The Kier molecular flexibility index (Phi) is 8.83. The molecule has 0 bridgehead atoms. The molecule has 58 valence electrons. The summed E-state index contributed by atoms with van der Waals surface area (Å²) in [6, 6.07) is 0. The lowest BCUT2D eigenvalue weighted by molar-refractivity contribution is 1.20. The third-order valence-electron chi connectivity index (χ3n) is 1.16. The van der Waals surface area contributed by atoms with E-state index < -0.39 is 0 Å². The second-order valence-electron chi connectivity index (χ2n) is 2.14. The van der Waals surface area contributed by atoms with E-state index in [2.05, 4.69) is 37.9 Å². The summed E-state index contributed by atoms with van der Waals surface area (Å²) in [7, 11) is 1.06. The van der Waals surface area contributed by atoms with E-state index in [1.165, 1.54) is 6.16 Å². The summed E-state index contributed by atoms with van der Waals surface area (Å²) in [6.45, 7) is 4.39. The predicted octanol–water partition coefficient (Wildman–Crippen LogP) is 3.21. The SMILES string of the molecule is CCC=CCC=CCPC. The first kappa shape index (κ1) is 9.91. The van der Waals surface area contributed by atoms with Gasteiger partial charge in [-0.15, -0.1) is 8.58 Å². The summed E-state index contributed by atoms with van der Waals surface area (Å²) in [4.78, 5) is 0. The van der Waals surface area contributed by atoms with Crippen LogP contribution < -0.4 is 0 Å². The Morgan fingerprint density at radius 3 is 2.40 bits per heavy atom. The lowest BCUT2D eigenvalue weighted by Gasteiger charge is -1.83. The molecule has 0 aliphatic heterocycles. The maximum atomic E-state index is 2.26. The minimum atomic E-state index is 1.06. The summed E-state index contributed by atoms with van der Waals surface area (Å²) in [5, 5.41) is 0. The Bertz CT molecular complexity index is 103. The molecule has 0 nitrogen and oxygen atoms in total. The molecule has 0 aromatic carbocycles. The minimum absolute atomic E-state index is 1.06. The van der Waals surface area contributed by atoms with Crippen LogP contribution in [-0.4, -0.2) is 12.8 Å².